The predicted molar refractivity (Wildman–Crippen MR) is 82.5 cm³/mol. The number of ether oxygens (including phenoxy) is 1. The topological polar surface area (TPSA) is 55.6 Å². The van der Waals surface area contributed by atoms with E-state index in [0.29, 0.717) is 19.1 Å². The number of hydrogen-bond acceptors (Lipinski definition) is 4. The molecule has 0 amide bonds. The Morgan fingerprint density at radius 1 is 1.30 bits per heavy atom. The zero-order chi connectivity index (χ0) is 15.2. The lowest BCUT2D eigenvalue weighted by molar-refractivity contribution is -0.149. The van der Waals surface area contributed by atoms with Crippen LogP contribution >= 0.6 is 0 Å². The second kappa shape index (κ2) is 7.99. The minimum atomic E-state index is -0.870. The van der Waals surface area contributed by atoms with E-state index in [1.54, 1.807) is 6.92 Å². The molecule has 118 valence electrons. The summed E-state index contributed by atoms with van der Waals surface area (Å²) in [6, 6.07) is 0.649. The Balaban J connectivity index is 2.35. The van der Waals surface area contributed by atoms with Crippen LogP contribution in [0.1, 0.15) is 59.3 Å². The van der Waals surface area contributed by atoms with E-state index in [9.17, 15) is 4.79 Å². The molecule has 4 nitrogen and oxygen atoms in total. The van der Waals surface area contributed by atoms with E-state index in [0.717, 1.165) is 12.5 Å². The van der Waals surface area contributed by atoms with Crippen molar-refractivity contribution in [3.63, 3.8) is 0 Å². The molecule has 1 fully saturated rings. The lowest BCUT2D eigenvalue weighted by Gasteiger charge is -2.35. The molecule has 1 aliphatic rings. The second-order valence-corrected chi connectivity index (χ2v) is 6.45. The second-order valence-electron chi connectivity index (χ2n) is 6.45. The number of carbonyl (C=O) groups excluding carboxylic acids is 1. The van der Waals surface area contributed by atoms with Gasteiger partial charge in [-0.2, -0.15) is 0 Å². The van der Waals surface area contributed by atoms with Gasteiger partial charge in [0.25, 0.3) is 0 Å². The molecule has 1 atom stereocenters. The van der Waals surface area contributed by atoms with Crippen LogP contribution < -0.4 is 5.73 Å². The summed E-state index contributed by atoms with van der Waals surface area (Å²) in [5.74, 6) is 0.627. The average Bonchev–Trinajstić information content (AvgIpc) is 2.45. The van der Waals surface area contributed by atoms with Gasteiger partial charge >= 0.3 is 5.97 Å². The molecular weight excluding hydrogens is 252 g/mol. The SMILES string of the molecule is CCOC(=O)C(C)(N)CCN(C)C1CCC(CC)CC1. The highest BCUT2D eigenvalue weighted by molar-refractivity contribution is 5.79. The van der Waals surface area contributed by atoms with E-state index in [1.807, 2.05) is 6.92 Å². The molecule has 0 heterocycles. The van der Waals surface area contributed by atoms with Crippen molar-refractivity contribution in [2.24, 2.45) is 11.7 Å². The number of carbonyl (C=O) groups is 1. The molecule has 0 radical (unpaired) electrons. The van der Waals surface area contributed by atoms with Gasteiger partial charge in [0, 0.05) is 12.6 Å². The van der Waals surface area contributed by atoms with Crippen molar-refractivity contribution in [2.45, 2.75) is 70.9 Å². The van der Waals surface area contributed by atoms with Gasteiger partial charge in [0.1, 0.15) is 5.54 Å². The first-order valence-electron chi connectivity index (χ1n) is 8.07. The van der Waals surface area contributed by atoms with Crippen molar-refractivity contribution in [2.75, 3.05) is 20.2 Å². The molecule has 0 bridgehead atoms. The van der Waals surface area contributed by atoms with Gasteiger partial charge in [0.2, 0.25) is 0 Å². The summed E-state index contributed by atoms with van der Waals surface area (Å²) in [7, 11) is 2.15. The van der Waals surface area contributed by atoms with Gasteiger partial charge in [-0.15, -0.1) is 0 Å². The zero-order valence-corrected chi connectivity index (χ0v) is 13.7. The Morgan fingerprint density at radius 3 is 2.40 bits per heavy atom. The third-order valence-corrected chi connectivity index (χ3v) is 4.74. The first-order valence-corrected chi connectivity index (χ1v) is 8.07. The third-order valence-electron chi connectivity index (χ3n) is 4.74. The van der Waals surface area contributed by atoms with Gasteiger partial charge in [-0.05, 0) is 58.9 Å². The standard InChI is InChI=1S/C16H32N2O2/c1-5-13-7-9-14(10-8-13)18(4)12-11-16(3,17)15(19)20-6-2/h13-14H,5-12,17H2,1-4H3. The van der Waals surface area contributed by atoms with Gasteiger partial charge in [-0.3, -0.25) is 4.79 Å². The average molecular weight is 284 g/mol. The Labute approximate surface area is 124 Å². The van der Waals surface area contributed by atoms with Gasteiger partial charge in [-0.1, -0.05) is 13.3 Å². The number of rotatable bonds is 7. The lowest BCUT2D eigenvalue weighted by Crippen LogP contribution is -2.49. The summed E-state index contributed by atoms with van der Waals surface area (Å²) in [6.07, 6.45) is 7.17. The largest absolute Gasteiger partial charge is 0.465 e. The van der Waals surface area contributed by atoms with Crippen molar-refractivity contribution in [1.29, 1.82) is 0 Å². The van der Waals surface area contributed by atoms with Gasteiger partial charge in [-0.25, -0.2) is 0 Å². The van der Waals surface area contributed by atoms with E-state index in [1.165, 1.54) is 32.1 Å². The number of nitrogens with zero attached hydrogens (tertiary/aromatic N) is 1. The number of esters is 1. The Morgan fingerprint density at radius 2 is 1.90 bits per heavy atom. The molecule has 0 aromatic heterocycles. The molecule has 1 rings (SSSR count). The maximum atomic E-state index is 11.8. The first kappa shape index (κ1) is 17.4. The Kier molecular flexibility index (Phi) is 6.96. The van der Waals surface area contributed by atoms with Crippen LogP contribution in [0.25, 0.3) is 0 Å². The van der Waals surface area contributed by atoms with Crippen LogP contribution in [-0.2, 0) is 9.53 Å². The fourth-order valence-corrected chi connectivity index (χ4v) is 2.98. The maximum Gasteiger partial charge on any atom is 0.325 e. The highest BCUT2D eigenvalue weighted by atomic mass is 16.5. The molecular formula is C16H32N2O2. The molecule has 2 N–H and O–H groups in total. The van der Waals surface area contributed by atoms with Crippen molar-refractivity contribution in [1.82, 2.24) is 4.90 Å². The summed E-state index contributed by atoms with van der Waals surface area (Å²) < 4.78 is 5.03. The van der Waals surface area contributed by atoms with Crippen LogP contribution in [0.15, 0.2) is 0 Å². The van der Waals surface area contributed by atoms with Crippen LogP contribution in [0, 0.1) is 5.92 Å². The molecule has 0 saturated heterocycles. The Bertz CT molecular complexity index is 297. The molecule has 0 spiro atoms. The first-order chi connectivity index (χ1) is 9.40. The van der Waals surface area contributed by atoms with E-state index in [2.05, 4.69) is 18.9 Å². The molecule has 1 aliphatic carbocycles. The summed E-state index contributed by atoms with van der Waals surface area (Å²) in [5.41, 5.74) is 5.20. The molecule has 4 heteroatoms. The van der Waals surface area contributed by atoms with E-state index >= 15 is 0 Å². The van der Waals surface area contributed by atoms with Crippen LogP contribution in [-0.4, -0.2) is 42.6 Å². The fourth-order valence-electron chi connectivity index (χ4n) is 2.98. The van der Waals surface area contributed by atoms with Crippen molar-refractivity contribution in [3.8, 4) is 0 Å². The van der Waals surface area contributed by atoms with Crippen molar-refractivity contribution < 1.29 is 9.53 Å². The van der Waals surface area contributed by atoms with E-state index in [4.69, 9.17) is 10.5 Å². The molecule has 0 aliphatic heterocycles. The predicted octanol–water partition coefficient (Wildman–Crippen LogP) is 2.56. The molecule has 1 saturated carbocycles. The van der Waals surface area contributed by atoms with Gasteiger partial charge in [0.05, 0.1) is 6.61 Å². The van der Waals surface area contributed by atoms with Crippen LogP contribution in [0.4, 0.5) is 0 Å². The Hall–Kier alpha value is -0.610. The van der Waals surface area contributed by atoms with Crippen molar-refractivity contribution in [3.05, 3.63) is 0 Å². The van der Waals surface area contributed by atoms with Crippen LogP contribution in [0.3, 0.4) is 0 Å². The van der Waals surface area contributed by atoms with Crippen LogP contribution in [0.2, 0.25) is 0 Å². The monoisotopic (exact) mass is 284 g/mol. The van der Waals surface area contributed by atoms with Crippen LogP contribution in [0.5, 0.6) is 0 Å². The van der Waals surface area contributed by atoms with Gasteiger partial charge < -0.3 is 15.4 Å². The van der Waals surface area contributed by atoms with E-state index < -0.39 is 5.54 Å². The zero-order valence-electron chi connectivity index (χ0n) is 13.7. The maximum absolute atomic E-state index is 11.8. The molecule has 1 unspecified atom stereocenters. The third kappa shape index (κ3) is 5.06. The minimum absolute atomic E-state index is 0.289. The highest BCUT2D eigenvalue weighted by Crippen LogP contribution is 2.29. The quantitative estimate of drug-likeness (QED) is 0.730. The normalized spacial score (nSPS) is 26.3. The summed E-state index contributed by atoms with van der Waals surface area (Å²) >= 11 is 0. The van der Waals surface area contributed by atoms with Crippen molar-refractivity contribution >= 4 is 5.97 Å². The minimum Gasteiger partial charge on any atom is -0.465 e. The number of nitrogens with two attached hydrogens (primary N) is 1. The fraction of sp³-hybridized carbons (Fsp3) is 0.938. The highest BCUT2D eigenvalue weighted by Gasteiger charge is 2.31. The molecule has 0 aromatic carbocycles. The summed E-state index contributed by atoms with van der Waals surface area (Å²) in [6.45, 7) is 7.11. The summed E-state index contributed by atoms with van der Waals surface area (Å²) in [4.78, 5) is 14.1. The lowest BCUT2D eigenvalue weighted by atomic mass is 9.84. The number of hydrogen-bond donors (Lipinski definition) is 1. The molecule has 0 aromatic rings. The molecule has 20 heavy (non-hydrogen) atoms. The van der Waals surface area contributed by atoms with Gasteiger partial charge in [0.15, 0.2) is 0 Å². The smallest absolute Gasteiger partial charge is 0.325 e. The van der Waals surface area contributed by atoms with E-state index in [-0.39, 0.29) is 5.97 Å². The summed E-state index contributed by atoms with van der Waals surface area (Å²) in [5, 5.41) is 0.